The van der Waals surface area contributed by atoms with E-state index in [1.165, 1.54) is 0 Å². The van der Waals surface area contributed by atoms with E-state index in [9.17, 15) is 5.11 Å². The van der Waals surface area contributed by atoms with Gasteiger partial charge in [0.2, 0.25) is 0 Å². The van der Waals surface area contributed by atoms with Gasteiger partial charge < -0.3 is 20.1 Å². The summed E-state index contributed by atoms with van der Waals surface area (Å²) >= 11 is 0. The van der Waals surface area contributed by atoms with Crippen molar-refractivity contribution in [3.8, 4) is 5.75 Å². The number of nitrogens with zero attached hydrogens (tertiary/aromatic N) is 1. The lowest BCUT2D eigenvalue weighted by Gasteiger charge is -2.33. The maximum Gasteiger partial charge on any atom is 0.120 e. The molecule has 0 bridgehead atoms. The molecule has 100 valence electrons. The van der Waals surface area contributed by atoms with Gasteiger partial charge in [-0.3, -0.25) is 0 Å². The fraction of sp³-hybridized carbons (Fsp3) is 0.571. The van der Waals surface area contributed by atoms with Crippen molar-refractivity contribution in [3.63, 3.8) is 0 Å². The van der Waals surface area contributed by atoms with Crippen LogP contribution in [0.2, 0.25) is 0 Å². The number of hydrogen-bond donors (Lipinski definition) is 2. The van der Waals surface area contributed by atoms with Gasteiger partial charge in [-0.05, 0) is 26.0 Å². The normalized spacial score (nSPS) is 28.9. The van der Waals surface area contributed by atoms with Gasteiger partial charge in [-0.2, -0.15) is 0 Å². The molecule has 18 heavy (non-hydrogen) atoms. The van der Waals surface area contributed by atoms with E-state index in [0.717, 1.165) is 18.0 Å². The Kier molecular flexibility index (Phi) is 3.78. The Hall–Kier alpha value is -1.26. The number of nitrogens with one attached hydrogen (secondary N) is 1. The molecule has 4 nitrogen and oxygen atoms in total. The summed E-state index contributed by atoms with van der Waals surface area (Å²) in [7, 11) is 1.67. The van der Waals surface area contributed by atoms with Gasteiger partial charge in [0.25, 0.3) is 0 Å². The lowest BCUT2D eigenvalue weighted by molar-refractivity contribution is 0.0726. The number of rotatable bonds is 2. The van der Waals surface area contributed by atoms with Crippen LogP contribution in [0.4, 0.5) is 5.69 Å². The number of ether oxygens (including phenoxy) is 1. The second-order valence-electron chi connectivity index (χ2n) is 5.31. The molecule has 1 fully saturated rings. The summed E-state index contributed by atoms with van der Waals surface area (Å²) in [5.41, 5.74) is 0.374. The third-order valence-electron chi connectivity index (χ3n) is 3.37. The largest absolute Gasteiger partial charge is 0.497 e. The third kappa shape index (κ3) is 2.94. The summed E-state index contributed by atoms with van der Waals surface area (Å²) in [6.07, 6.45) is 0. The molecular formula is C14H22N2O2. The van der Waals surface area contributed by atoms with E-state index in [-0.39, 0.29) is 0 Å². The number of hydrogen-bond acceptors (Lipinski definition) is 4. The van der Waals surface area contributed by atoms with Crippen molar-refractivity contribution >= 4 is 5.69 Å². The maximum absolute atomic E-state index is 10.3. The SMILES string of the molecule is COc1cccc(N2CC(C)(O)CNCC2C)c1. The average molecular weight is 250 g/mol. The molecule has 2 N–H and O–H groups in total. The number of methoxy groups -OCH3 is 1. The van der Waals surface area contributed by atoms with Crippen molar-refractivity contribution < 1.29 is 9.84 Å². The highest BCUT2D eigenvalue weighted by Gasteiger charge is 2.30. The smallest absolute Gasteiger partial charge is 0.120 e. The van der Waals surface area contributed by atoms with Gasteiger partial charge >= 0.3 is 0 Å². The topological polar surface area (TPSA) is 44.7 Å². The highest BCUT2D eigenvalue weighted by atomic mass is 16.5. The van der Waals surface area contributed by atoms with Crippen LogP contribution in [0.5, 0.6) is 5.75 Å². The van der Waals surface area contributed by atoms with Crippen LogP contribution >= 0.6 is 0 Å². The summed E-state index contributed by atoms with van der Waals surface area (Å²) in [6.45, 7) is 6.14. The standard InChI is InChI=1S/C14H22N2O2/c1-11-8-15-9-14(2,17)10-16(11)12-5-4-6-13(7-12)18-3/h4-7,11,15,17H,8-10H2,1-3H3. The molecule has 4 heteroatoms. The first-order valence-corrected chi connectivity index (χ1v) is 6.36. The van der Waals surface area contributed by atoms with Crippen LogP contribution in [0.3, 0.4) is 0 Å². The van der Waals surface area contributed by atoms with E-state index in [0.29, 0.717) is 19.1 Å². The quantitative estimate of drug-likeness (QED) is 0.829. The first-order valence-electron chi connectivity index (χ1n) is 6.36. The van der Waals surface area contributed by atoms with Crippen molar-refractivity contribution in [2.24, 2.45) is 0 Å². The second-order valence-corrected chi connectivity index (χ2v) is 5.31. The molecule has 1 aliphatic rings. The Labute approximate surface area is 109 Å². The lowest BCUT2D eigenvalue weighted by atomic mass is 10.1. The zero-order valence-corrected chi connectivity index (χ0v) is 11.3. The van der Waals surface area contributed by atoms with Crippen LogP contribution in [-0.2, 0) is 0 Å². The van der Waals surface area contributed by atoms with Crippen LogP contribution in [0, 0.1) is 0 Å². The predicted molar refractivity (Wildman–Crippen MR) is 73.3 cm³/mol. The summed E-state index contributed by atoms with van der Waals surface area (Å²) in [5.74, 6) is 0.844. The zero-order valence-electron chi connectivity index (χ0n) is 11.3. The average Bonchev–Trinajstić information content (AvgIpc) is 2.48. The number of anilines is 1. The molecule has 1 aromatic carbocycles. The van der Waals surface area contributed by atoms with Gasteiger partial charge in [-0.1, -0.05) is 6.07 Å². The molecule has 1 aliphatic heterocycles. The van der Waals surface area contributed by atoms with Crippen molar-refractivity contribution in [3.05, 3.63) is 24.3 Å². The summed E-state index contributed by atoms with van der Waals surface area (Å²) in [6, 6.07) is 8.32. The first kappa shape index (κ1) is 13.2. The van der Waals surface area contributed by atoms with Crippen LogP contribution in [0.1, 0.15) is 13.8 Å². The highest BCUT2D eigenvalue weighted by Crippen LogP contribution is 2.25. The molecule has 0 spiro atoms. The van der Waals surface area contributed by atoms with E-state index in [4.69, 9.17) is 4.74 Å². The van der Waals surface area contributed by atoms with E-state index in [1.807, 2.05) is 25.1 Å². The van der Waals surface area contributed by atoms with Gasteiger partial charge in [-0.25, -0.2) is 0 Å². The molecule has 2 rings (SSSR count). The molecule has 0 aliphatic carbocycles. The van der Waals surface area contributed by atoms with Crippen LogP contribution in [-0.4, -0.2) is 43.5 Å². The Morgan fingerprint density at radius 2 is 2.28 bits per heavy atom. The van der Waals surface area contributed by atoms with Crippen molar-refractivity contribution in [1.29, 1.82) is 0 Å². The molecular weight excluding hydrogens is 228 g/mol. The van der Waals surface area contributed by atoms with Gasteiger partial charge in [0.15, 0.2) is 0 Å². The second kappa shape index (κ2) is 5.16. The zero-order chi connectivity index (χ0) is 13.2. The first-order chi connectivity index (χ1) is 8.52. The van der Waals surface area contributed by atoms with Gasteiger partial charge in [0.1, 0.15) is 5.75 Å². The molecule has 0 aromatic heterocycles. The van der Waals surface area contributed by atoms with Crippen molar-refractivity contribution in [2.45, 2.75) is 25.5 Å². The molecule has 2 unspecified atom stereocenters. The fourth-order valence-electron chi connectivity index (χ4n) is 2.37. The van der Waals surface area contributed by atoms with Crippen LogP contribution < -0.4 is 15.0 Å². The molecule has 0 amide bonds. The van der Waals surface area contributed by atoms with E-state index in [1.54, 1.807) is 7.11 Å². The number of benzene rings is 1. The summed E-state index contributed by atoms with van der Waals surface area (Å²) in [5, 5.41) is 13.6. The summed E-state index contributed by atoms with van der Waals surface area (Å²) in [4.78, 5) is 2.22. The van der Waals surface area contributed by atoms with Crippen molar-refractivity contribution in [1.82, 2.24) is 5.32 Å². The summed E-state index contributed by atoms with van der Waals surface area (Å²) < 4.78 is 5.26. The minimum absolute atomic E-state index is 0.339. The molecule has 0 saturated carbocycles. The van der Waals surface area contributed by atoms with Gasteiger partial charge in [0.05, 0.1) is 12.7 Å². The fourth-order valence-corrected chi connectivity index (χ4v) is 2.37. The minimum Gasteiger partial charge on any atom is -0.497 e. The Bertz CT molecular complexity index is 407. The number of aliphatic hydroxyl groups is 1. The van der Waals surface area contributed by atoms with Gasteiger partial charge in [0, 0.05) is 37.4 Å². The predicted octanol–water partition coefficient (Wildman–Crippen LogP) is 1.24. The highest BCUT2D eigenvalue weighted by molar-refractivity contribution is 5.52. The number of β-amino-alcohol motifs (C(OH)–C–C–N with tert-alkyl or cyclic N) is 1. The molecule has 1 heterocycles. The molecule has 1 saturated heterocycles. The maximum atomic E-state index is 10.3. The van der Waals surface area contributed by atoms with Crippen molar-refractivity contribution in [2.75, 3.05) is 31.6 Å². The molecule has 1 aromatic rings. The van der Waals surface area contributed by atoms with Crippen LogP contribution in [0.15, 0.2) is 24.3 Å². The minimum atomic E-state index is -0.714. The van der Waals surface area contributed by atoms with E-state index in [2.05, 4.69) is 23.2 Å². The molecule has 0 radical (unpaired) electrons. The molecule has 2 atom stereocenters. The monoisotopic (exact) mass is 250 g/mol. The van der Waals surface area contributed by atoms with Crippen LogP contribution in [0.25, 0.3) is 0 Å². The Balaban J connectivity index is 2.27. The Morgan fingerprint density at radius 3 is 3.00 bits per heavy atom. The van der Waals surface area contributed by atoms with E-state index >= 15 is 0 Å². The van der Waals surface area contributed by atoms with Gasteiger partial charge in [-0.15, -0.1) is 0 Å². The lowest BCUT2D eigenvalue weighted by Crippen LogP contribution is -2.45. The van der Waals surface area contributed by atoms with E-state index < -0.39 is 5.60 Å². The Morgan fingerprint density at radius 1 is 1.50 bits per heavy atom. The third-order valence-corrected chi connectivity index (χ3v) is 3.37.